The van der Waals surface area contributed by atoms with E-state index in [2.05, 4.69) is 101 Å². The Hall–Kier alpha value is -3.55. The number of nitrogens with zero attached hydrogens (tertiary/aromatic N) is 2. The Labute approximate surface area is 230 Å². The number of hydrogen-bond acceptors (Lipinski definition) is 3. The van der Waals surface area contributed by atoms with E-state index in [0.29, 0.717) is 10.5 Å². The molecule has 0 atom stereocenters. The highest BCUT2D eigenvalue weighted by molar-refractivity contribution is 7.80. The molecule has 2 aromatic heterocycles. The van der Waals surface area contributed by atoms with Gasteiger partial charge in [-0.25, -0.2) is 4.57 Å². The van der Waals surface area contributed by atoms with Crippen molar-refractivity contribution in [2.75, 3.05) is 0 Å². The zero-order valence-electron chi connectivity index (χ0n) is 22.9. The van der Waals surface area contributed by atoms with Gasteiger partial charge in [0.1, 0.15) is 24.3 Å². The second kappa shape index (κ2) is 8.48. The van der Waals surface area contributed by atoms with Gasteiger partial charge in [-0.1, -0.05) is 58.0 Å². The lowest BCUT2D eigenvalue weighted by Crippen LogP contribution is -2.33. The fourth-order valence-corrected chi connectivity index (χ4v) is 6.58. The zero-order valence-corrected chi connectivity index (χ0v) is 23.8. The second-order valence-corrected chi connectivity index (χ2v) is 12.6. The van der Waals surface area contributed by atoms with Crippen LogP contribution in [0.1, 0.15) is 62.8 Å². The number of fused-ring (bicyclic) bond motifs is 4. The summed E-state index contributed by atoms with van der Waals surface area (Å²) in [7, 11) is 2.05. The van der Waals surface area contributed by atoms with Crippen molar-refractivity contribution >= 4 is 34.6 Å². The van der Waals surface area contributed by atoms with Crippen molar-refractivity contribution in [3.05, 3.63) is 83.0 Å². The fourth-order valence-electron chi connectivity index (χ4n) is 6.29. The van der Waals surface area contributed by atoms with E-state index in [4.69, 9.17) is 17.0 Å². The molecule has 0 unspecified atom stereocenters. The molecule has 1 aliphatic rings. The molecular weight excluding hydrogens is 484 g/mol. The van der Waals surface area contributed by atoms with Gasteiger partial charge in [-0.3, -0.25) is 0 Å². The number of hydrogen-bond donors (Lipinski definition) is 1. The molecular formula is C34H33N2OS+. The first-order valence-electron chi connectivity index (χ1n) is 13.3. The van der Waals surface area contributed by atoms with Crippen LogP contribution in [0.4, 0.5) is 0 Å². The standard InChI is InChI=1S/C34H32N2OS/c1-20-10-12-22-23-18-28(38)24(19-35)30(32(23)37-31(22)29(20)27-9-7-8-16-36(27)6)21-11-13-25-26(17-21)34(4,5)15-14-33(25,2)3/h7-13,16-18H,14-15H2,1-6H3/p+1. The summed E-state index contributed by atoms with van der Waals surface area (Å²) in [6.45, 7) is 11.4. The number of thiol groups is 1. The molecule has 0 bridgehead atoms. The van der Waals surface area contributed by atoms with Crippen molar-refractivity contribution in [2.24, 2.45) is 7.05 Å². The first-order chi connectivity index (χ1) is 18.0. The Morgan fingerprint density at radius 2 is 1.58 bits per heavy atom. The van der Waals surface area contributed by atoms with E-state index in [0.717, 1.165) is 62.7 Å². The number of rotatable bonds is 2. The van der Waals surface area contributed by atoms with Crippen LogP contribution in [0.3, 0.4) is 0 Å². The highest BCUT2D eigenvalue weighted by atomic mass is 32.1. The lowest BCUT2D eigenvalue weighted by atomic mass is 9.63. The average Bonchev–Trinajstić information content (AvgIpc) is 3.24. The molecule has 1 aliphatic carbocycles. The largest absolute Gasteiger partial charge is 0.454 e. The molecule has 0 saturated heterocycles. The third-order valence-corrected chi connectivity index (χ3v) is 9.04. The topological polar surface area (TPSA) is 40.8 Å². The van der Waals surface area contributed by atoms with Gasteiger partial charge in [0.15, 0.2) is 6.20 Å². The second-order valence-electron chi connectivity index (χ2n) is 12.1. The van der Waals surface area contributed by atoms with Crippen molar-refractivity contribution in [2.45, 2.75) is 63.2 Å². The van der Waals surface area contributed by atoms with E-state index in [-0.39, 0.29) is 10.8 Å². The van der Waals surface area contributed by atoms with Gasteiger partial charge in [0, 0.05) is 33.4 Å². The summed E-state index contributed by atoms with van der Waals surface area (Å²) in [4.78, 5) is 0.669. The Balaban J connectivity index is 1.71. The molecule has 0 amide bonds. The monoisotopic (exact) mass is 517 g/mol. The molecule has 3 aromatic carbocycles. The molecule has 38 heavy (non-hydrogen) atoms. The van der Waals surface area contributed by atoms with Crippen molar-refractivity contribution < 1.29 is 8.98 Å². The van der Waals surface area contributed by atoms with Crippen molar-refractivity contribution in [1.82, 2.24) is 0 Å². The quantitative estimate of drug-likeness (QED) is 0.188. The van der Waals surface area contributed by atoms with Crippen LogP contribution in [0.5, 0.6) is 0 Å². The van der Waals surface area contributed by atoms with Gasteiger partial charge < -0.3 is 4.42 Å². The molecule has 0 spiro atoms. The summed E-state index contributed by atoms with van der Waals surface area (Å²) in [5.74, 6) is 0. The Morgan fingerprint density at radius 1 is 0.868 bits per heavy atom. The summed E-state index contributed by atoms with van der Waals surface area (Å²) in [6.07, 6.45) is 4.34. The Bertz CT molecular complexity index is 1820. The zero-order chi connectivity index (χ0) is 27.0. The smallest absolute Gasteiger partial charge is 0.216 e. The van der Waals surface area contributed by atoms with Crippen LogP contribution in [-0.2, 0) is 17.9 Å². The van der Waals surface area contributed by atoms with Gasteiger partial charge in [-0.05, 0) is 65.0 Å². The van der Waals surface area contributed by atoms with Gasteiger partial charge in [-0.2, -0.15) is 5.26 Å². The van der Waals surface area contributed by atoms with Gasteiger partial charge in [0.2, 0.25) is 5.69 Å². The van der Waals surface area contributed by atoms with E-state index in [9.17, 15) is 5.26 Å². The van der Waals surface area contributed by atoms with E-state index in [1.54, 1.807) is 0 Å². The van der Waals surface area contributed by atoms with Crippen LogP contribution in [0.15, 0.2) is 70.1 Å². The fraction of sp³-hybridized carbons (Fsp3) is 0.294. The Kier molecular flexibility index (Phi) is 5.53. The van der Waals surface area contributed by atoms with Crippen molar-refractivity contribution in [1.29, 1.82) is 5.26 Å². The van der Waals surface area contributed by atoms with E-state index >= 15 is 0 Å². The highest BCUT2D eigenvalue weighted by Crippen LogP contribution is 2.49. The minimum absolute atomic E-state index is 0.0611. The Morgan fingerprint density at radius 3 is 2.29 bits per heavy atom. The third-order valence-electron chi connectivity index (χ3n) is 8.68. The third kappa shape index (κ3) is 3.60. The van der Waals surface area contributed by atoms with Crippen LogP contribution >= 0.6 is 12.6 Å². The van der Waals surface area contributed by atoms with Crippen molar-refractivity contribution in [3.63, 3.8) is 0 Å². The summed E-state index contributed by atoms with van der Waals surface area (Å²) in [5, 5.41) is 12.3. The maximum Gasteiger partial charge on any atom is 0.216 e. The molecule has 190 valence electrons. The molecule has 0 radical (unpaired) electrons. The first kappa shape index (κ1) is 24.8. The van der Waals surface area contributed by atoms with Crippen molar-refractivity contribution in [3.8, 4) is 28.5 Å². The lowest BCUT2D eigenvalue weighted by Gasteiger charge is -2.42. The number of furan rings is 1. The number of aryl methyl sites for hydroxylation is 2. The minimum Gasteiger partial charge on any atom is -0.454 e. The maximum atomic E-state index is 10.3. The van der Waals surface area contributed by atoms with Gasteiger partial charge in [-0.15, -0.1) is 12.6 Å². The summed E-state index contributed by atoms with van der Waals surface area (Å²) >= 11 is 4.80. The SMILES string of the molecule is Cc1ccc2c(oc3c(-c4ccc5c(c4)C(C)(C)CCC5(C)C)c(C#N)c(S)cc32)c1-c1cccc[n+]1C. The van der Waals surface area contributed by atoms with Crippen LogP contribution < -0.4 is 4.57 Å². The summed E-state index contributed by atoms with van der Waals surface area (Å²) in [6, 6.07) is 21.7. The number of aromatic nitrogens is 1. The molecule has 0 fully saturated rings. The molecule has 2 heterocycles. The van der Waals surface area contributed by atoms with E-state index < -0.39 is 0 Å². The van der Waals surface area contributed by atoms with Gasteiger partial charge in [0.25, 0.3) is 0 Å². The molecule has 6 rings (SSSR count). The van der Waals surface area contributed by atoms with E-state index in [1.165, 1.54) is 11.1 Å². The summed E-state index contributed by atoms with van der Waals surface area (Å²) < 4.78 is 8.91. The highest BCUT2D eigenvalue weighted by Gasteiger charge is 2.37. The van der Waals surface area contributed by atoms with Crippen LogP contribution in [0, 0.1) is 18.3 Å². The number of nitriles is 1. The molecule has 0 N–H and O–H groups in total. The predicted octanol–water partition coefficient (Wildman–Crippen LogP) is 8.56. The molecule has 4 heteroatoms. The predicted molar refractivity (Wildman–Crippen MR) is 158 cm³/mol. The molecule has 5 aromatic rings. The first-order valence-corrected chi connectivity index (χ1v) is 13.7. The van der Waals surface area contributed by atoms with Crippen LogP contribution in [0.2, 0.25) is 0 Å². The van der Waals surface area contributed by atoms with E-state index in [1.807, 2.05) is 12.1 Å². The normalized spacial score (nSPS) is 15.9. The maximum absolute atomic E-state index is 10.3. The number of pyridine rings is 1. The van der Waals surface area contributed by atoms with Gasteiger partial charge in [0.05, 0.1) is 11.1 Å². The van der Waals surface area contributed by atoms with Crippen LogP contribution in [0.25, 0.3) is 44.3 Å². The lowest BCUT2D eigenvalue weighted by molar-refractivity contribution is -0.660. The summed E-state index contributed by atoms with van der Waals surface area (Å²) in [5.41, 5.74) is 10.2. The van der Waals surface area contributed by atoms with Gasteiger partial charge >= 0.3 is 0 Å². The molecule has 0 saturated carbocycles. The minimum atomic E-state index is 0.0611. The molecule has 3 nitrogen and oxygen atoms in total. The molecule has 0 aliphatic heterocycles. The number of benzene rings is 3. The van der Waals surface area contributed by atoms with Crippen LogP contribution in [-0.4, -0.2) is 0 Å². The average molecular weight is 518 g/mol.